The van der Waals surface area contributed by atoms with Gasteiger partial charge in [0.05, 0.1) is 6.54 Å². The summed E-state index contributed by atoms with van der Waals surface area (Å²) in [5, 5.41) is 9.07. The maximum absolute atomic E-state index is 12.7. The number of rotatable bonds is 2. The first-order chi connectivity index (χ1) is 11.7. The number of piperazine rings is 1. The van der Waals surface area contributed by atoms with E-state index in [1.807, 2.05) is 15.9 Å². The molecule has 1 unspecified atom stereocenters. The molecule has 0 aromatic carbocycles. The van der Waals surface area contributed by atoms with Crippen LogP contribution < -0.4 is 4.74 Å². The zero-order valence-electron chi connectivity index (χ0n) is 13.9. The number of carbonyl (C=O) groups is 1. The van der Waals surface area contributed by atoms with Crippen LogP contribution in [0.2, 0.25) is 0 Å². The molecule has 2 aliphatic heterocycles. The van der Waals surface area contributed by atoms with Crippen molar-refractivity contribution in [1.29, 1.82) is 5.26 Å². The summed E-state index contributed by atoms with van der Waals surface area (Å²) in [5.74, 6) is 0.249. The van der Waals surface area contributed by atoms with Crippen LogP contribution in [-0.2, 0) is 0 Å². The largest absolute Gasteiger partial charge is 0.470 e. The van der Waals surface area contributed by atoms with Crippen LogP contribution in [0.25, 0.3) is 0 Å². The van der Waals surface area contributed by atoms with Crippen molar-refractivity contribution in [3.8, 4) is 11.9 Å². The lowest BCUT2D eigenvalue weighted by atomic mass is 10.1. The summed E-state index contributed by atoms with van der Waals surface area (Å²) >= 11 is 0. The first-order valence-electron chi connectivity index (χ1n) is 8.27. The number of hydrogen-bond donors (Lipinski definition) is 0. The highest BCUT2D eigenvalue weighted by Crippen LogP contribution is 2.19. The second kappa shape index (κ2) is 7.45. The summed E-state index contributed by atoms with van der Waals surface area (Å²) in [7, 11) is 2.07. The van der Waals surface area contributed by atoms with Crippen LogP contribution in [0.5, 0.6) is 5.88 Å². The molecule has 1 atom stereocenters. The second-order valence-electron chi connectivity index (χ2n) is 6.22. The molecule has 1 aromatic heterocycles. The van der Waals surface area contributed by atoms with E-state index >= 15 is 0 Å². The predicted molar refractivity (Wildman–Crippen MR) is 86.4 cm³/mol. The highest BCUT2D eigenvalue weighted by atomic mass is 16.5. The van der Waals surface area contributed by atoms with Crippen LogP contribution in [0.1, 0.15) is 18.5 Å². The highest BCUT2D eigenvalue weighted by molar-refractivity contribution is 5.74. The lowest BCUT2D eigenvalue weighted by molar-refractivity contribution is 0.0728. The van der Waals surface area contributed by atoms with Gasteiger partial charge in [0.2, 0.25) is 5.69 Å². The van der Waals surface area contributed by atoms with Gasteiger partial charge in [-0.2, -0.15) is 5.26 Å². The Hall–Kier alpha value is -2.40. The summed E-state index contributed by atoms with van der Waals surface area (Å²) in [4.78, 5) is 26.7. The van der Waals surface area contributed by atoms with E-state index in [1.165, 1.54) is 12.4 Å². The van der Waals surface area contributed by atoms with Gasteiger partial charge in [-0.1, -0.05) is 0 Å². The first-order valence-corrected chi connectivity index (χ1v) is 8.27. The van der Waals surface area contributed by atoms with E-state index < -0.39 is 0 Å². The molecule has 3 rings (SSSR count). The number of urea groups is 1. The molecule has 0 radical (unpaired) electrons. The lowest BCUT2D eigenvalue weighted by Gasteiger charge is -2.39. The first kappa shape index (κ1) is 16.5. The highest BCUT2D eigenvalue weighted by Gasteiger charge is 2.30. The number of aromatic nitrogens is 2. The summed E-state index contributed by atoms with van der Waals surface area (Å²) in [5.41, 5.74) is 0.181. The van der Waals surface area contributed by atoms with Gasteiger partial charge in [0.25, 0.3) is 5.88 Å². The number of carbonyl (C=O) groups excluding carboxylic acids is 1. The zero-order chi connectivity index (χ0) is 16.9. The molecular weight excluding hydrogens is 308 g/mol. The number of likely N-dealkylation sites (N-methyl/N-ethyl adjacent to an activating group) is 1. The molecule has 128 valence electrons. The summed E-state index contributed by atoms with van der Waals surface area (Å²) < 4.78 is 5.85. The molecule has 2 aliphatic rings. The van der Waals surface area contributed by atoms with Gasteiger partial charge in [-0.05, 0) is 19.9 Å². The number of amides is 2. The van der Waals surface area contributed by atoms with Gasteiger partial charge in [-0.25, -0.2) is 14.8 Å². The number of piperidine rings is 1. The standard InChI is InChI=1S/C16H22N6O2/c1-20-7-9-21(10-8-20)16(23)22-6-2-3-13(12-22)24-15-14(11-17)18-4-5-19-15/h4-5,13H,2-3,6-10,12H2,1H3. The smallest absolute Gasteiger partial charge is 0.320 e. The van der Waals surface area contributed by atoms with Gasteiger partial charge >= 0.3 is 6.03 Å². The zero-order valence-corrected chi connectivity index (χ0v) is 13.9. The van der Waals surface area contributed by atoms with Crippen molar-refractivity contribution < 1.29 is 9.53 Å². The number of hydrogen-bond acceptors (Lipinski definition) is 6. The van der Waals surface area contributed by atoms with Gasteiger partial charge < -0.3 is 19.4 Å². The molecule has 1 aromatic rings. The van der Waals surface area contributed by atoms with Crippen molar-refractivity contribution in [2.75, 3.05) is 46.3 Å². The number of ether oxygens (including phenoxy) is 1. The SMILES string of the molecule is CN1CCN(C(=O)N2CCCC(Oc3nccnc3C#N)C2)CC1. The van der Waals surface area contributed by atoms with E-state index in [2.05, 4.69) is 21.9 Å². The Balaban J connectivity index is 1.60. The molecule has 3 heterocycles. The number of nitrogens with zero attached hydrogens (tertiary/aromatic N) is 6. The Bertz CT molecular complexity index is 623. The molecule has 0 aliphatic carbocycles. The Morgan fingerprint density at radius 3 is 2.71 bits per heavy atom. The van der Waals surface area contributed by atoms with Crippen LogP contribution in [0.3, 0.4) is 0 Å². The maximum atomic E-state index is 12.7. The van der Waals surface area contributed by atoms with Gasteiger partial charge in [-0.3, -0.25) is 0 Å². The van der Waals surface area contributed by atoms with Crippen LogP contribution in [-0.4, -0.2) is 83.1 Å². The van der Waals surface area contributed by atoms with Crippen molar-refractivity contribution in [1.82, 2.24) is 24.7 Å². The van der Waals surface area contributed by atoms with E-state index in [1.54, 1.807) is 0 Å². The van der Waals surface area contributed by atoms with Gasteiger partial charge in [0.15, 0.2) is 0 Å². The van der Waals surface area contributed by atoms with Crippen LogP contribution in [0, 0.1) is 11.3 Å². The van der Waals surface area contributed by atoms with Crippen LogP contribution in [0.4, 0.5) is 4.79 Å². The molecule has 8 heteroatoms. The molecule has 0 N–H and O–H groups in total. The average Bonchev–Trinajstić information content (AvgIpc) is 2.62. The van der Waals surface area contributed by atoms with Gasteiger partial charge in [0, 0.05) is 45.1 Å². The fourth-order valence-corrected chi connectivity index (χ4v) is 3.05. The minimum atomic E-state index is -0.154. The molecule has 24 heavy (non-hydrogen) atoms. The van der Waals surface area contributed by atoms with Crippen molar-refractivity contribution >= 4 is 6.03 Å². The number of likely N-dealkylation sites (tertiary alicyclic amines) is 1. The van der Waals surface area contributed by atoms with Gasteiger partial charge in [-0.15, -0.1) is 0 Å². The summed E-state index contributed by atoms with van der Waals surface area (Å²) in [6, 6.07) is 2.06. The monoisotopic (exact) mass is 330 g/mol. The molecule has 0 spiro atoms. The van der Waals surface area contributed by atoms with Crippen molar-refractivity contribution in [2.24, 2.45) is 0 Å². The minimum absolute atomic E-state index is 0.0797. The third-order valence-electron chi connectivity index (χ3n) is 4.47. The molecule has 0 bridgehead atoms. The summed E-state index contributed by atoms with van der Waals surface area (Å²) in [6.07, 6.45) is 4.54. The fraction of sp³-hybridized carbons (Fsp3) is 0.625. The normalized spacial score (nSPS) is 22.1. The Morgan fingerprint density at radius 2 is 1.96 bits per heavy atom. The molecular formula is C16H22N6O2. The molecule has 2 amide bonds. The third-order valence-corrected chi connectivity index (χ3v) is 4.47. The van der Waals surface area contributed by atoms with E-state index in [0.29, 0.717) is 6.54 Å². The lowest BCUT2D eigenvalue weighted by Crippen LogP contribution is -2.54. The molecule has 2 saturated heterocycles. The van der Waals surface area contributed by atoms with E-state index in [-0.39, 0.29) is 23.7 Å². The van der Waals surface area contributed by atoms with E-state index in [0.717, 1.165) is 45.6 Å². The third kappa shape index (κ3) is 3.74. The van der Waals surface area contributed by atoms with Crippen LogP contribution >= 0.6 is 0 Å². The Morgan fingerprint density at radius 1 is 1.21 bits per heavy atom. The Labute approximate surface area is 141 Å². The topological polar surface area (TPSA) is 85.6 Å². The molecule has 0 saturated carbocycles. The second-order valence-corrected chi connectivity index (χ2v) is 6.22. The fourth-order valence-electron chi connectivity index (χ4n) is 3.05. The molecule has 2 fully saturated rings. The van der Waals surface area contributed by atoms with Crippen molar-refractivity contribution in [2.45, 2.75) is 18.9 Å². The van der Waals surface area contributed by atoms with Gasteiger partial charge in [0.1, 0.15) is 12.2 Å². The van der Waals surface area contributed by atoms with E-state index in [4.69, 9.17) is 10.00 Å². The quantitative estimate of drug-likeness (QED) is 0.787. The van der Waals surface area contributed by atoms with E-state index in [9.17, 15) is 4.79 Å². The number of nitriles is 1. The maximum Gasteiger partial charge on any atom is 0.320 e. The predicted octanol–water partition coefficient (Wildman–Crippen LogP) is 0.559. The molecule has 8 nitrogen and oxygen atoms in total. The van der Waals surface area contributed by atoms with Crippen LogP contribution in [0.15, 0.2) is 12.4 Å². The Kier molecular flexibility index (Phi) is 5.11. The van der Waals surface area contributed by atoms with Crippen molar-refractivity contribution in [3.05, 3.63) is 18.1 Å². The summed E-state index contributed by atoms with van der Waals surface area (Å²) in [6.45, 7) is 4.61. The average molecular weight is 330 g/mol. The van der Waals surface area contributed by atoms with Crippen molar-refractivity contribution in [3.63, 3.8) is 0 Å². The minimum Gasteiger partial charge on any atom is -0.470 e.